The third-order valence-corrected chi connectivity index (χ3v) is 23.3. The molecule has 2 saturated heterocycles. The number of nitrogens with one attached hydrogen (secondary N) is 8. The van der Waals surface area contributed by atoms with Crippen LogP contribution in [0.5, 0.6) is 57.5 Å². The normalized spacial score (nSPS) is 25.9. The van der Waals surface area contributed by atoms with Gasteiger partial charge in [0, 0.05) is 46.3 Å². The van der Waals surface area contributed by atoms with E-state index in [2.05, 4.69) is 49.5 Å². The Morgan fingerprint density at radius 2 is 1.29 bits per heavy atom. The van der Waals surface area contributed by atoms with Crippen LogP contribution in [-0.4, -0.2) is 198 Å². The Hall–Kier alpha value is -10.9. The molecule has 7 aromatic carbocycles. The Labute approximate surface area is 738 Å². The molecule has 11 bridgehead atoms. The fourth-order valence-electron chi connectivity index (χ4n) is 15.6. The molecule has 7 amide bonds. The van der Waals surface area contributed by atoms with Crippen LogP contribution in [0.25, 0.3) is 11.1 Å². The summed E-state index contributed by atoms with van der Waals surface area (Å²) in [5, 5.41) is 138. The highest BCUT2D eigenvalue weighted by Gasteiger charge is 2.52. The average Bonchev–Trinajstić information content (AvgIpc) is 0.764. The molecule has 20 N–H and O–H groups in total. The van der Waals surface area contributed by atoms with E-state index in [1.807, 2.05) is 38.1 Å². The number of aromatic hydroxyl groups is 3. The highest BCUT2D eigenvalue weighted by atomic mass is 35.5. The van der Waals surface area contributed by atoms with E-state index in [0.717, 1.165) is 111 Å². The monoisotopic (exact) mass is 1810 g/mol. The number of unbranched alkanes of at least 4 members (excludes halogenated alkanes) is 5. The molecular formula is C88H102Cl3N9O26. The van der Waals surface area contributed by atoms with Gasteiger partial charge in [0.1, 0.15) is 96.1 Å². The van der Waals surface area contributed by atoms with Gasteiger partial charge in [-0.1, -0.05) is 124 Å². The van der Waals surface area contributed by atoms with Crippen molar-refractivity contribution < 1.29 is 127 Å². The number of aliphatic carboxylic acids is 1. The molecule has 2 fully saturated rings. The second kappa shape index (κ2) is 41.3. The number of hydrogen-bond donors (Lipinski definition) is 19. The number of carbonyl (C=O) groups excluding carboxylic acids is 7. The Morgan fingerprint density at radius 1 is 0.651 bits per heavy atom. The van der Waals surface area contributed by atoms with E-state index in [-0.39, 0.29) is 59.4 Å². The first kappa shape index (κ1) is 94.3. The summed E-state index contributed by atoms with van der Waals surface area (Å²) in [6.45, 7) is 8.80. The van der Waals surface area contributed by atoms with E-state index in [0.29, 0.717) is 28.7 Å². The SMILES string of the molecule is CCCCCCCCOc1cc(CN[C@@]2(C)C[C@H](O[C@H]3[C@H](Oc4c5cc6cc4Oc4ccc(cc4Cl)[C@@H](O)[C@@H](NC(=O)[C@@H](CC(C)C)NC)C(=O)N[C@@H](CC(N)=O)C(=O)N[C@H]6C(=O)N[C@H]4C(=O)N[C@H](C(=O)N[C@H](C(=O)O)c6cc(O)cc(O)c6-c6cc4ccc6O)[C@H](O)c4ccc(c(Cl)c4)O5)O[C@H](CO)[C@@H](O)[C@@H]3O)O[C@@H](C)[C@H]2O)ccc1OCc1ccc(Cl)cc1. The van der Waals surface area contributed by atoms with Crippen molar-refractivity contribution in [2.24, 2.45) is 11.7 Å². The van der Waals surface area contributed by atoms with Gasteiger partial charge in [-0.25, -0.2) is 4.79 Å². The van der Waals surface area contributed by atoms with Gasteiger partial charge in [0.2, 0.25) is 53.4 Å². The second-order valence-electron chi connectivity index (χ2n) is 32.3. The standard InChI is InChI=1S/C88H102Cl3N9O26/c1-7-8-9-10-11-12-25-119-61-27-43(15-22-60(61)120-39-42-13-19-48(89)20-14-42)37-94-88(5)36-66(121-41(4)79(88)110)125-78-76(109)75(108)64(38-101)124-87(78)126-77-62-31-47-32-63(77)123-59-24-18-46(30-53(59)91)74(107)72-85(116)98-70(86(117)118)51-33-49(102)34-57(104)67(51)50-28-44(16-21-56(50)103)68(82(113)100-72)97-83(114)69(47)96-81(112)55(35-65(92)105)95-84(115)71(99-80(111)54(93-6)26-40(2)3)73(106)45-17-23-58(122-62)52(90)29-45/h13-24,27-34,40-41,54-55,64,66,68-76,78-79,87,93-94,101-104,106-110H,7-12,25-26,35-39H2,1-6H3,(H2,92,105)(H,95,115)(H,96,112)(H,97,114)(H,98,116)(H,99,111)(H,100,113)(H,117,118)/t41-,54+,55-,64+,66-,68+,69+,70-,71+,72-,73+,74+,75+,76-,78+,79+,87-,88-/m0/s1. The molecule has 18 atom stereocenters. The van der Waals surface area contributed by atoms with Crippen LogP contribution in [0.4, 0.5) is 0 Å². The number of carboxylic acids is 1. The van der Waals surface area contributed by atoms with Gasteiger partial charge in [0.05, 0.1) is 47.9 Å². The van der Waals surface area contributed by atoms with Crippen LogP contribution in [0.1, 0.15) is 162 Å². The van der Waals surface area contributed by atoms with Crippen LogP contribution in [0, 0.1) is 5.92 Å². The van der Waals surface area contributed by atoms with Crippen molar-refractivity contribution in [1.82, 2.24) is 42.5 Å². The maximum atomic E-state index is 16.3. The van der Waals surface area contributed by atoms with Crippen molar-refractivity contribution in [3.05, 3.63) is 175 Å². The van der Waals surface area contributed by atoms with Crippen molar-refractivity contribution in [3.63, 3.8) is 0 Å². The maximum Gasteiger partial charge on any atom is 0.330 e. The lowest BCUT2D eigenvalue weighted by Gasteiger charge is -2.48. The largest absolute Gasteiger partial charge is 0.508 e. The number of halogens is 3. The highest BCUT2D eigenvalue weighted by molar-refractivity contribution is 6.32. The summed E-state index contributed by atoms with van der Waals surface area (Å²) in [4.78, 5) is 118. The minimum Gasteiger partial charge on any atom is -0.508 e. The van der Waals surface area contributed by atoms with Crippen molar-refractivity contribution in [2.75, 3.05) is 20.3 Å². The number of fused-ring (bicyclic) bond motifs is 15. The third-order valence-electron chi connectivity index (χ3n) is 22.5. The Kier molecular flexibility index (Phi) is 30.9. The molecule has 0 radical (unpaired) electrons. The van der Waals surface area contributed by atoms with Crippen LogP contribution < -0.4 is 72.0 Å². The molecule has 7 aliphatic rings. The number of phenols is 3. The number of aliphatic hydroxyl groups is 6. The van der Waals surface area contributed by atoms with Crippen molar-refractivity contribution in [1.29, 1.82) is 0 Å². The smallest absolute Gasteiger partial charge is 0.330 e. The number of rotatable bonds is 27. The maximum absolute atomic E-state index is 16.3. The summed E-state index contributed by atoms with van der Waals surface area (Å²) >= 11 is 20.6. The quantitative estimate of drug-likeness (QED) is 0.0232. The third kappa shape index (κ3) is 22.0. The summed E-state index contributed by atoms with van der Waals surface area (Å²) in [7, 11) is 1.48. The lowest BCUT2D eigenvalue weighted by molar-refractivity contribution is -0.334. The number of amides is 7. The van der Waals surface area contributed by atoms with E-state index in [9.17, 15) is 65.4 Å². The number of ether oxygens (including phenoxy) is 8. The molecule has 7 heterocycles. The predicted octanol–water partition coefficient (Wildman–Crippen LogP) is 6.91. The van der Waals surface area contributed by atoms with E-state index in [1.54, 1.807) is 32.0 Å². The van der Waals surface area contributed by atoms with Gasteiger partial charge in [-0.3, -0.25) is 33.6 Å². The number of likely N-dealkylation sites (N-methyl/N-ethyl adjacent to an activating group) is 1. The topological polar surface area (TPSA) is 535 Å². The molecule has 0 spiro atoms. The molecule has 38 heteroatoms. The van der Waals surface area contributed by atoms with Crippen LogP contribution in [0.3, 0.4) is 0 Å². The van der Waals surface area contributed by atoms with Gasteiger partial charge in [-0.15, -0.1) is 0 Å². The number of primary amides is 1. The zero-order valence-corrected chi connectivity index (χ0v) is 71.6. The van der Waals surface area contributed by atoms with Gasteiger partial charge in [0.15, 0.2) is 41.4 Å². The number of carboxylic acid groups (broad SMARTS) is 1. The van der Waals surface area contributed by atoms with Gasteiger partial charge in [-0.2, -0.15) is 0 Å². The zero-order valence-electron chi connectivity index (χ0n) is 69.3. The molecule has 7 aliphatic heterocycles. The number of benzene rings is 7. The lowest BCUT2D eigenvalue weighted by atomic mass is 9.84. The van der Waals surface area contributed by atoms with E-state index in [4.69, 9.17) is 78.4 Å². The molecule has 14 rings (SSSR count). The number of nitrogens with two attached hydrogens (primary N) is 1. The molecule has 35 nitrogen and oxygen atoms in total. The minimum atomic E-state index is -2.38. The van der Waals surface area contributed by atoms with E-state index >= 15 is 24.0 Å². The van der Waals surface area contributed by atoms with Gasteiger partial charge >= 0.3 is 5.97 Å². The van der Waals surface area contributed by atoms with Gasteiger partial charge in [0.25, 0.3) is 0 Å². The average molecular weight is 1810 g/mol. The van der Waals surface area contributed by atoms with Gasteiger partial charge < -0.3 is 137 Å². The number of hydrogen-bond acceptors (Lipinski definition) is 27. The van der Waals surface area contributed by atoms with E-state index < -0.39 is 237 Å². The number of aliphatic hydroxyl groups excluding tert-OH is 6. The molecule has 0 aliphatic carbocycles. The molecule has 0 saturated carbocycles. The summed E-state index contributed by atoms with van der Waals surface area (Å²) in [6, 6.07) is 12.0. The highest BCUT2D eigenvalue weighted by Crippen LogP contribution is 2.50. The van der Waals surface area contributed by atoms with Crippen molar-refractivity contribution in [2.45, 2.75) is 215 Å². The summed E-state index contributed by atoms with van der Waals surface area (Å²) in [5.41, 5.74) is 3.18. The Morgan fingerprint density at radius 3 is 1.93 bits per heavy atom. The van der Waals surface area contributed by atoms with Crippen molar-refractivity contribution >= 4 is 82.1 Å². The molecule has 126 heavy (non-hydrogen) atoms. The van der Waals surface area contributed by atoms with Gasteiger partial charge in [-0.05, 0) is 152 Å². The zero-order chi connectivity index (χ0) is 90.9. The second-order valence-corrected chi connectivity index (χ2v) is 33.5. The molecule has 0 unspecified atom stereocenters. The van der Waals surface area contributed by atoms with Crippen LogP contribution in [0.2, 0.25) is 15.1 Å². The Bertz CT molecular complexity index is 5170. The van der Waals surface area contributed by atoms with Crippen LogP contribution in [-0.2, 0) is 65.7 Å². The summed E-state index contributed by atoms with van der Waals surface area (Å²) in [6.07, 6.45) is -12.9. The first-order chi connectivity index (χ1) is 60.0. The molecule has 0 aromatic heterocycles. The van der Waals surface area contributed by atoms with E-state index in [1.165, 1.54) is 19.2 Å². The van der Waals surface area contributed by atoms with Crippen molar-refractivity contribution in [3.8, 4) is 68.6 Å². The van der Waals surface area contributed by atoms with Crippen LogP contribution >= 0.6 is 34.8 Å². The predicted molar refractivity (Wildman–Crippen MR) is 453 cm³/mol. The summed E-state index contributed by atoms with van der Waals surface area (Å²) < 4.78 is 52.5. The fourth-order valence-corrected chi connectivity index (χ4v) is 16.2. The number of carbonyl (C=O) groups is 8. The number of phenolic OH excluding ortho intramolecular Hbond substituents is 3. The minimum absolute atomic E-state index is 0.111. The Balaban J connectivity index is 0.999. The molecule has 7 aromatic rings. The first-order valence-electron chi connectivity index (χ1n) is 41.1. The first-order valence-corrected chi connectivity index (χ1v) is 42.2. The van der Waals surface area contributed by atoms with Crippen LogP contribution in [0.15, 0.2) is 121 Å². The molecular weight excluding hydrogens is 1710 g/mol. The fraction of sp³-hybridized carbons (Fsp3) is 0.432. The lowest BCUT2D eigenvalue weighted by Crippen LogP contribution is -2.65. The molecule has 676 valence electrons. The summed E-state index contributed by atoms with van der Waals surface area (Å²) in [5.74, 6) is -15.2.